The zero-order valence-corrected chi connectivity index (χ0v) is 13.6. The number of hydrogen-bond donors (Lipinski definition) is 2. The SMILES string of the molecule is O=C(NCCc1ccc(O)cc1)n1c2ccccc2c2ccccc21. The van der Waals surface area contributed by atoms with Gasteiger partial charge in [-0.25, -0.2) is 4.79 Å². The molecule has 0 spiro atoms. The molecule has 0 aliphatic heterocycles. The third-order valence-corrected chi connectivity index (χ3v) is 4.41. The lowest BCUT2D eigenvalue weighted by atomic mass is 10.1. The van der Waals surface area contributed by atoms with E-state index in [4.69, 9.17) is 0 Å². The van der Waals surface area contributed by atoms with Crippen molar-refractivity contribution in [3.63, 3.8) is 0 Å². The summed E-state index contributed by atoms with van der Waals surface area (Å²) in [5.41, 5.74) is 2.89. The van der Waals surface area contributed by atoms with Crippen LogP contribution >= 0.6 is 0 Å². The number of fused-ring (bicyclic) bond motifs is 3. The summed E-state index contributed by atoms with van der Waals surface area (Å²) >= 11 is 0. The maximum absolute atomic E-state index is 12.8. The number of nitrogens with zero attached hydrogens (tertiary/aromatic N) is 1. The number of benzene rings is 3. The van der Waals surface area contributed by atoms with Crippen LogP contribution < -0.4 is 5.32 Å². The van der Waals surface area contributed by atoms with Crippen LogP contribution in [0.2, 0.25) is 0 Å². The number of carbonyl (C=O) groups excluding carboxylic acids is 1. The van der Waals surface area contributed by atoms with Crippen molar-refractivity contribution in [1.29, 1.82) is 0 Å². The molecule has 2 N–H and O–H groups in total. The van der Waals surface area contributed by atoms with E-state index in [0.29, 0.717) is 13.0 Å². The first-order valence-corrected chi connectivity index (χ1v) is 8.28. The van der Waals surface area contributed by atoms with Crippen LogP contribution in [0.1, 0.15) is 5.56 Å². The first-order valence-electron chi connectivity index (χ1n) is 8.28. The quantitative estimate of drug-likeness (QED) is 0.588. The van der Waals surface area contributed by atoms with E-state index in [9.17, 15) is 9.90 Å². The van der Waals surface area contributed by atoms with Gasteiger partial charge in [-0.05, 0) is 36.2 Å². The van der Waals surface area contributed by atoms with Gasteiger partial charge in [-0.15, -0.1) is 0 Å². The van der Waals surface area contributed by atoms with Crippen molar-refractivity contribution in [2.75, 3.05) is 6.54 Å². The summed E-state index contributed by atoms with van der Waals surface area (Å²) in [6.45, 7) is 0.532. The van der Waals surface area contributed by atoms with Crippen LogP contribution in [0.4, 0.5) is 4.79 Å². The minimum absolute atomic E-state index is 0.129. The van der Waals surface area contributed by atoms with Gasteiger partial charge in [0.05, 0.1) is 11.0 Å². The molecular weight excluding hydrogens is 312 g/mol. The van der Waals surface area contributed by atoms with Crippen molar-refractivity contribution in [2.45, 2.75) is 6.42 Å². The van der Waals surface area contributed by atoms with E-state index in [0.717, 1.165) is 27.4 Å². The van der Waals surface area contributed by atoms with E-state index in [2.05, 4.69) is 5.32 Å². The highest BCUT2D eigenvalue weighted by Gasteiger charge is 2.14. The second-order valence-corrected chi connectivity index (χ2v) is 6.02. The van der Waals surface area contributed by atoms with Crippen molar-refractivity contribution in [3.8, 4) is 5.75 Å². The number of phenols is 1. The number of amides is 1. The van der Waals surface area contributed by atoms with Crippen molar-refractivity contribution in [2.24, 2.45) is 0 Å². The van der Waals surface area contributed by atoms with Crippen LogP contribution in [0.5, 0.6) is 5.75 Å². The van der Waals surface area contributed by atoms with Crippen molar-refractivity contribution in [3.05, 3.63) is 78.4 Å². The first-order chi connectivity index (χ1) is 12.2. The van der Waals surface area contributed by atoms with E-state index < -0.39 is 0 Å². The molecule has 1 amide bonds. The predicted octanol–water partition coefficient (Wildman–Crippen LogP) is 4.30. The molecule has 4 nitrogen and oxygen atoms in total. The molecule has 3 aromatic carbocycles. The first kappa shape index (κ1) is 15.3. The number of aromatic hydroxyl groups is 1. The van der Waals surface area contributed by atoms with Gasteiger partial charge >= 0.3 is 6.03 Å². The Morgan fingerprint density at radius 3 is 2.00 bits per heavy atom. The highest BCUT2D eigenvalue weighted by Crippen LogP contribution is 2.28. The van der Waals surface area contributed by atoms with E-state index in [1.54, 1.807) is 16.7 Å². The van der Waals surface area contributed by atoms with Crippen LogP contribution in [-0.4, -0.2) is 22.2 Å². The average Bonchev–Trinajstić information content (AvgIpc) is 2.98. The molecule has 25 heavy (non-hydrogen) atoms. The number of carbonyl (C=O) groups is 1. The van der Waals surface area contributed by atoms with Crippen LogP contribution in [0.3, 0.4) is 0 Å². The highest BCUT2D eigenvalue weighted by atomic mass is 16.3. The minimum Gasteiger partial charge on any atom is -0.508 e. The fourth-order valence-electron chi connectivity index (χ4n) is 3.20. The molecule has 0 atom stereocenters. The molecule has 0 unspecified atom stereocenters. The van der Waals surface area contributed by atoms with Gasteiger partial charge in [0.15, 0.2) is 0 Å². The lowest BCUT2D eigenvalue weighted by molar-refractivity contribution is 0.244. The van der Waals surface area contributed by atoms with Crippen LogP contribution in [0, 0.1) is 0 Å². The molecule has 0 saturated heterocycles. The Morgan fingerprint density at radius 1 is 0.840 bits per heavy atom. The number of nitrogens with one attached hydrogen (secondary N) is 1. The summed E-state index contributed by atoms with van der Waals surface area (Å²) in [5.74, 6) is 0.248. The monoisotopic (exact) mass is 330 g/mol. The number of rotatable bonds is 3. The van der Waals surface area contributed by atoms with E-state index in [1.807, 2.05) is 60.7 Å². The summed E-state index contributed by atoms with van der Waals surface area (Å²) in [4.78, 5) is 12.8. The predicted molar refractivity (Wildman–Crippen MR) is 100 cm³/mol. The van der Waals surface area contributed by atoms with Gasteiger partial charge in [0.1, 0.15) is 5.75 Å². The molecule has 4 rings (SSSR count). The lowest BCUT2D eigenvalue weighted by Gasteiger charge is -2.09. The maximum Gasteiger partial charge on any atom is 0.326 e. The number of phenolic OH excluding ortho intramolecular Hbond substituents is 1. The van der Waals surface area contributed by atoms with Crippen molar-refractivity contribution < 1.29 is 9.90 Å². The minimum atomic E-state index is -0.129. The van der Waals surface area contributed by atoms with Gasteiger partial charge in [0.2, 0.25) is 0 Å². The second kappa shape index (κ2) is 6.32. The van der Waals surface area contributed by atoms with Crippen LogP contribution in [0.15, 0.2) is 72.8 Å². The Labute approximate surface area is 145 Å². The Kier molecular flexibility index (Phi) is 3.86. The number of hydrogen-bond acceptors (Lipinski definition) is 2. The summed E-state index contributed by atoms with van der Waals surface area (Å²) < 4.78 is 1.74. The molecule has 1 aromatic heterocycles. The summed E-state index contributed by atoms with van der Waals surface area (Å²) in [6.07, 6.45) is 0.711. The third-order valence-electron chi connectivity index (χ3n) is 4.41. The van der Waals surface area contributed by atoms with Gasteiger partial charge in [0, 0.05) is 17.3 Å². The van der Waals surface area contributed by atoms with Crippen LogP contribution in [-0.2, 0) is 6.42 Å². The van der Waals surface area contributed by atoms with Gasteiger partial charge in [-0.2, -0.15) is 0 Å². The fourth-order valence-corrected chi connectivity index (χ4v) is 3.20. The highest BCUT2D eigenvalue weighted by molar-refractivity contribution is 6.13. The molecule has 4 heteroatoms. The Bertz CT molecular complexity index is 995. The molecule has 0 aliphatic carbocycles. The van der Waals surface area contributed by atoms with Crippen LogP contribution in [0.25, 0.3) is 21.8 Å². The molecule has 0 radical (unpaired) electrons. The fraction of sp³-hybridized carbons (Fsp3) is 0.0952. The summed E-state index contributed by atoms with van der Waals surface area (Å²) in [6, 6.07) is 22.8. The third kappa shape index (κ3) is 2.83. The molecule has 1 heterocycles. The maximum atomic E-state index is 12.8. The molecular formula is C21H18N2O2. The summed E-state index contributed by atoms with van der Waals surface area (Å²) in [5, 5.41) is 14.5. The topological polar surface area (TPSA) is 54.3 Å². The zero-order chi connectivity index (χ0) is 17.2. The summed E-state index contributed by atoms with van der Waals surface area (Å²) in [7, 11) is 0. The molecule has 124 valence electrons. The number of para-hydroxylation sites is 2. The smallest absolute Gasteiger partial charge is 0.326 e. The van der Waals surface area contributed by atoms with Crippen molar-refractivity contribution in [1.82, 2.24) is 9.88 Å². The zero-order valence-electron chi connectivity index (χ0n) is 13.6. The molecule has 0 fully saturated rings. The van der Waals surface area contributed by atoms with E-state index in [-0.39, 0.29) is 11.8 Å². The van der Waals surface area contributed by atoms with E-state index >= 15 is 0 Å². The normalized spacial score (nSPS) is 11.0. The molecule has 0 bridgehead atoms. The average molecular weight is 330 g/mol. The number of aromatic nitrogens is 1. The Balaban J connectivity index is 1.60. The van der Waals surface area contributed by atoms with Gasteiger partial charge < -0.3 is 10.4 Å². The molecule has 0 saturated carbocycles. The Hall–Kier alpha value is -3.27. The van der Waals surface area contributed by atoms with Gasteiger partial charge in [-0.3, -0.25) is 4.57 Å². The van der Waals surface area contributed by atoms with Crippen molar-refractivity contribution >= 4 is 27.8 Å². The molecule has 0 aliphatic rings. The lowest BCUT2D eigenvalue weighted by Crippen LogP contribution is -2.30. The molecule has 4 aromatic rings. The standard InChI is InChI=1S/C21H18N2O2/c24-16-11-9-15(10-12-16)13-14-22-21(25)23-19-7-3-1-5-17(19)18-6-2-4-8-20(18)23/h1-12,24H,13-14H2,(H,22,25). The Morgan fingerprint density at radius 2 is 1.40 bits per heavy atom. The van der Waals surface area contributed by atoms with E-state index in [1.165, 1.54) is 0 Å². The largest absolute Gasteiger partial charge is 0.508 e. The van der Waals surface area contributed by atoms with Gasteiger partial charge in [-0.1, -0.05) is 48.5 Å². The van der Waals surface area contributed by atoms with Gasteiger partial charge in [0.25, 0.3) is 0 Å². The second-order valence-electron chi connectivity index (χ2n) is 6.02.